The number of ether oxygens (including phenoxy) is 1. The fraction of sp³-hybridized carbons (Fsp3) is 0.367. The second-order valence-electron chi connectivity index (χ2n) is 9.77. The molecule has 0 bridgehead atoms. The molecule has 1 aliphatic heterocycles. The summed E-state index contributed by atoms with van der Waals surface area (Å²) in [6, 6.07) is 24.1. The van der Waals surface area contributed by atoms with Crippen molar-refractivity contribution in [2.75, 3.05) is 25.0 Å². The zero-order chi connectivity index (χ0) is 25.5. The van der Waals surface area contributed by atoms with Crippen molar-refractivity contribution in [3.05, 3.63) is 94.0 Å². The zero-order valence-electron chi connectivity index (χ0n) is 20.9. The number of halogens is 2. The van der Waals surface area contributed by atoms with Crippen LogP contribution >= 0.6 is 23.2 Å². The number of benzene rings is 3. The van der Waals surface area contributed by atoms with Crippen molar-refractivity contribution < 1.29 is 9.53 Å². The van der Waals surface area contributed by atoms with Crippen LogP contribution in [0.5, 0.6) is 5.75 Å². The first kappa shape index (κ1) is 26.5. The Morgan fingerprint density at radius 3 is 2.42 bits per heavy atom. The molecule has 6 heteroatoms. The van der Waals surface area contributed by atoms with Gasteiger partial charge in [0.15, 0.2) is 0 Å². The Bertz CT molecular complexity index is 1140. The van der Waals surface area contributed by atoms with E-state index in [1.165, 1.54) is 5.56 Å². The van der Waals surface area contributed by atoms with Crippen LogP contribution in [-0.4, -0.2) is 30.4 Å². The maximum absolute atomic E-state index is 12.1. The van der Waals surface area contributed by atoms with Gasteiger partial charge in [0.05, 0.1) is 10.0 Å². The predicted octanol–water partition coefficient (Wildman–Crippen LogP) is 7.98. The minimum atomic E-state index is -0.0672. The molecule has 0 aromatic heterocycles. The van der Waals surface area contributed by atoms with Gasteiger partial charge in [0, 0.05) is 30.6 Å². The third kappa shape index (κ3) is 7.25. The Morgan fingerprint density at radius 1 is 0.972 bits per heavy atom. The highest BCUT2D eigenvalue weighted by Crippen LogP contribution is 2.33. The van der Waals surface area contributed by atoms with E-state index in [0.29, 0.717) is 16.0 Å². The van der Waals surface area contributed by atoms with Gasteiger partial charge < -0.3 is 15.0 Å². The van der Waals surface area contributed by atoms with Crippen molar-refractivity contribution in [3.8, 4) is 5.75 Å². The highest BCUT2D eigenvalue weighted by molar-refractivity contribution is 6.42. The van der Waals surface area contributed by atoms with Crippen LogP contribution in [0.2, 0.25) is 10.0 Å². The number of anilines is 1. The molecule has 190 valence electrons. The van der Waals surface area contributed by atoms with Gasteiger partial charge in [0.2, 0.25) is 5.91 Å². The number of hydrogen-bond acceptors (Lipinski definition) is 3. The summed E-state index contributed by atoms with van der Waals surface area (Å²) in [7, 11) is 0. The topological polar surface area (TPSA) is 41.6 Å². The molecule has 1 saturated heterocycles. The van der Waals surface area contributed by atoms with Crippen LogP contribution in [0.1, 0.15) is 56.3 Å². The summed E-state index contributed by atoms with van der Waals surface area (Å²) in [6.07, 6.45) is 3.02. The third-order valence-electron chi connectivity index (χ3n) is 6.79. The van der Waals surface area contributed by atoms with Crippen molar-refractivity contribution in [1.82, 2.24) is 4.90 Å². The molecule has 1 fully saturated rings. The molecule has 1 heterocycles. The Morgan fingerprint density at radius 2 is 1.72 bits per heavy atom. The summed E-state index contributed by atoms with van der Waals surface area (Å²) in [5.41, 5.74) is 3.35. The van der Waals surface area contributed by atoms with Crippen molar-refractivity contribution in [3.63, 3.8) is 0 Å². The van der Waals surface area contributed by atoms with E-state index in [4.69, 9.17) is 27.9 Å². The van der Waals surface area contributed by atoms with Crippen LogP contribution in [-0.2, 0) is 4.79 Å². The molecule has 0 saturated carbocycles. The van der Waals surface area contributed by atoms with E-state index in [1.54, 1.807) is 12.1 Å². The first-order chi connectivity index (χ1) is 17.4. The van der Waals surface area contributed by atoms with Crippen LogP contribution < -0.4 is 10.1 Å². The van der Waals surface area contributed by atoms with E-state index in [1.807, 2.05) is 50.2 Å². The molecule has 1 amide bonds. The molecule has 3 aromatic carbocycles. The minimum Gasteiger partial charge on any atom is -0.486 e. The number of nitrogens with zero attached hydrogens (tertiary/aromatic N) is 1. The lowest BCUT2D eigenvalue weighted by Crippen LogP contribution is -2.34. The average Bonchev–Trinajstić information content (AvgIpc) is 2.89. The lowest BCUT2D eigenvalue weighted by molar-refractivity contribution is -0.118. The Labute approximate surface area is 224 Å². The number of carbonyl (C=O) groups is 1. The number of amides is 1. The fourth-order valence-electron chi connectivity index (χ4n) is 4.62. The lowest BCUT2D eigenvalue weighted by Gasteiger charge is -2.33. The van der Waals surface area contributed by atoms with Gasteiger partial charge in [-0.2, -0.15) is 0 Å². The van der Waals surface area contributed by atoms with Gasteiger partial charge in [0.25, 0.3) is 0 Å². The van der Waals surface area contributed by atoms with Gasteiger partial charge in [-0.15, -0.1) is 0 Å². The van der Waals surface area contributed by atoms with E-state index >= 15 is 0 Å². The number of piperidine rings is 1. The normalized spacial score (nSPS) is 15.6. The number of carbonyl (C=O) groups excluding carboxylic acids is 1. The maximum Gasteiger partial charge on any atom is 0.226 e. The molecule has 4 rings (SSSR count). The van der Waals surface area contributed by atoms with E-state index in [9.17, 15) is 4.79 Å². The molecule has 1 aliphatic rings. The highest BCUT2D eigenvalue weighted by atomic mass is 35.5. The van der Waals surface area contributed by atoms with Crippen molar-refractivity contribution in [1.29, 1.82) is 0 Å². The van der Waals surface area contributed by atoms with Crippen molar-refractivity contribution >= 4 is 34.8 Å². The van der Waals surface area contributed by atoms with Crippen LogP contribution in [0, 0.1) is 5.92 Å². The Kier molecular flexibility index (Phi) is 9.30. The summed E-state index contributed by atoms with van der Waals surface area (Å²) >= 11 is 12.3. The zero-order valence-corrected chi connectivity index (χ0v) is 22.4. The monoisotopic (exact) mass is 524 g/mol. The van der Waals surface area contributed by atoms with Crippen molar-refractivity contribution in [2.24, 2.45) is 5.92 Å². The molecule has 0 radical (unpaired) electrons. The van der Waals surface area contributed by atoms with Crippen LogP contribution in [0.25, 0.3) is 0 Å². The first-order valence-electron chi connectivity index (χ1n) is 12.7. The standard InChI is InChI=1S/C30H34Cl2N2O2/c1-21(2)30(35)33-25-10-6-9-24(19-25)22-13-16-34(17-14-22)18-15-29(23-7-4-3-5-8-23)36-26-11-12-27(31)28(32)20-26/h3-12,19-22,29H,13-18H2,1-2H3,(H,33,35)/t29-/m0/s1. The maximum atomic E-state index is 12.1. The Balaban J connectivity index is 1.34. The van der Waals surface area contributed by atoms with Gasteiger partial charge in [-0.25, -0.2) is 0 Å². The molecule has 1 atom stereocenters. The van der Waals surface area contributed by atoms with Crippen molar-refractivity contribution in [2.45, 2.75) is 45.1 Å². The lowest BCUT2D eigenvalue weighted by atomic mass is 9.89. The number of rotatable bonds is 9. The second kappa shape index (κ2) is 12.6. The number of nitrogens with one attached hydrogen (secondary N) is 1. The summed E-state index contributed by atoms with van der Waals surface area (Å²) < 4.78 is 6.38. The molecule has 36 heavy (non-hydrogen) atoms. The largest absolute Gasteiger partial charge is 0.486 e. The van der Waals surface area contributed by atoms with Gasteiger partial charge in [-0.3, -0.25) is 4.79 Å². The summed E-state index contributed by atoms with van der Waals surface area (Å²) in [5.74, 6) is 1.26. The molecule has 0 aliphatic carbocycles. The molecule has 0 spiro atoms. The molecule has 3 aromatic rings. The van der Waals surface area contributed by atoms with Crippen LogP contribution in [0.4, 0.5) is 5.69 Å². The summed E-state index contributed by atoms with van der Waals surface area (Å²) in [6.45, 7) is 6.86. The first-order valence-corrected chi connectivity index (χ1v) is 13.4. The van der Waals surface area contributed by atoms with Gasteiger partial charge in [-0.1, -0.05) is 79.5 Å². The third-order valence-corrected chi connectivity index (χ3v) is 7.52. The molecular formula is C30H34Cl2N2O2. The molecule has 0 unspecified atom stereocenters. The number of likely N-dealkylation sites (tertiary alicyclic amines) is 1. The van der Waals surface area contributed by atoms with E-state index in [0.717, 1.165) is 55.9 Å². The van der Waals surface area contributed by atoms with Gasteiger partial charge in [-0.05, 0) is 67.2 Å². The van der Waals surface area contributed by atoms with Gasteiger partial charge in [0.1, 0.15) is 11.9 Å². The predicted molar refractivity (Wildman–Crippen MR) is 149 cm³/mol. The molecule has 1 N–H and O–H groups in total. The van der Waals surface area contributed by atoms with Crippen LogP contribution in [0.3, 0.4) is 0 Å². The number of hydrogen-bond donors (Lipinski definition) is 1. The van der Waals surface area contributed by atoms with Gasteiger partial charge >= 0.3 is 0 Å². The minimum absolute atomic E-state index is 0.0303. The van der Waals surface area contributed by atoms with E-state index in [2.05, 4.69) is 34.5 Å². The SMILES string of the molecule is CC(C)C(=O)Nc1cccc(C2CCN(CC[C@H](Oc3ccc(Cl)c(Cl)c3)c3ccccc3)CC2)c1. The molecule has 4 nitrogen and oxygen atoms in total. The average molecular weight is 526 g/mol. The summed E-state index contributed by atoms with van der Waals surface area (Å²) in [4.78, 5) is 14.6. The quantitative estimate of drug-likeness (QED) is 0.308. The fourth-order valence-corrected chi connectivity index (χ4v) is 4.91. The summed E-state index contributed by atoms with van der Waals surface area (Å²) in [5, 5.41) is 4.05. The Hall–Kier alpha value is -2.53. The van der Waals surface area contributed by atoms with E-state index in [-0.39, 0.29) is 17.9 Å². The van der Waals surface area contributed by atoms with Crippen LogP contribution in [0.15, 0.2) is 72.8 Å². The second-order valence-corrected chi connectivity index (χ2v) is 10.6. The smallest absolute Gasteiger partial charge is 0.226 e. The molecular weight excluding hydrogens is 491 g/mol. The highest BCUT2D eigenvalue weighted by Gasteiger charge is 2.23. The van der Waals surface area contributed by atoms with E-state index < -0.39 is 0 Å².